The fourth-order valence-corrected chi connectivity index (χ4v) is 3.12. The molecule has 7 heteroatoms. The van der Waals surface area contributed by atoms with Gasteiger partial charge in [0.25, 0.3) is 0 Å². The summed E-state index contributed by atoms with van der Waals surface area (Å²) in [5.74, 6) is -0.799. The number of nitrogens with zero attached hydrogens (tertiary/aromatic N) is 1. The van der Waals surface area contributed by atoms with Gasteiger partial charge in [-0.15, -0.1) is 0 Å². The molecule has 1 unspecified atom stereocenters. The van der Waals surface area contributed by atoms with Crippen molar-refractivity contribution in [3.05, 3.63) is 28.2 Å². The van der Waals surface area contributed by atoms with Gasteiger partial charge in [0.15, 0.2) is 5.78 Å². The first kappa shape index (κ1) is 18.4. The Morgan fingerprint density at radius 3 is 2.62 bits per heavy atom. The van der Waals surface area contributed by atoms with E-state index in [0.29, 0.717) is 24.3 Å². The van der Waals surface area contributed by atoms with E-state index in [1.807, 2.05) is 0 Å². The molecule has 1 aliphatic heterocycles. The van der Waals surface area contributed by atoms with Gasteiger partial charge in [0, 0.05) is 30.4 Å². The highest BCUT2D eigenvalue weighted by Crippen LogP contribution is 2.31. The molecule has 2 rings (SSSR count). The van der Waals surface area contributed by atoms with Crippen LogP contribution in [0.15, 0.2) is 22.7 Å². The first-order valence-corrected chi connectivity index (χ1v) is 8.44. The Morgan fingerprint density at radius 2 is 2.04 bits per heavy atom. The topological polar surface area (TPSA) is 83.9 Å². The van der Waals surface area contributed by atoms with Crippen molar-refractivity contribution in [1.82, 2.24) is 4.90 Å². The van der Waals surface area contributed by atoms with Gasteiger partial charge in [0.2, 0.25) is 5.91 Å². The number of rotatable bonds is 6. The molecular weight excluding hydrogens is 378 g/mol. The largest absolute Gasteiger partial charge is 0.496 e. The van der Waals surface area contributed by atoms with E-state index >= 15 is 0 Å². The van der Waals surface area contributed by atoms with E-state index in [0.717, 1.165) is 4.47 Å². The van der Waals surface area contributed by atoms with Crippen LogP contribution < -0.4 is 4.74 Å². The molecule has 1 heterocycles. The number of carboxylic acids is 1. The Balaban J connectivity index is 1.96. The van der Waals surface area contributed by atoms with Crippen molar-refractivity contribution in [3.8, 4) is 5.75 Å². The maximum atomic E-state index is 12.4. The number of carbonyl (C=O) groups excluding carboxylic acids is 2. The van der Waals surface area contributed by atoms with Crippen LogP contribution in [0.1, 0.15) is 36.5 Å². The summed E-state index contributed by atoms with van der Waals surface area (Å²) in [5, 5.41) is 9.21. The number of hydrogen-bond donors (Lipinski definition) is 1. The summed E-state index contributed by atoms with van der Waals surface area (Å²) in [7, 11) is 1.49. The number of ketones is 1. The number of Topliss-reactive ketones (excluding diaryl/α,β-unsaturated/α-hetero) is 1. The molecule has 1 atom stereocenters. The molecule has 0 spiro atoms. The summed E-state index contributed by atoms with van der Waals surface area (Å²) in [6.07, 6.45) is 0.553. The maximum Gasteiger partial charge on any atom is 0.311 e. The highest BCUT2D eigenvalue weighted by atomic mass is 79.9. The number of carbonyl (C=O) groups is 3. The van der Waals surface area contributed by atoms with Gasteiger partial charge in [-0.25, -0.2) is 0 Å². The van der Waals surface area contributed by atoms with Gasteiger partial charge in [-0.05, 0) is 31.5 Å². The number of halogens is 1. The quantitative estimate of drug-likeness (QED) is 0.745. The number of ether oxygens (including phenoxy) is 1. The zero-order valence-corrected chi connectivity index (χ0v) is 15.3. The third kappa shape index (κ3) is 3.95. The Bertz CT molecular complexity index is 675. The van der Waals surface area contributed by atoms with Crippen LogP contribution in [0.2, 0.25) is 0 Å². The number of aliphatic carboxylic acids is 1. The molecule has 1 aromatic rings. The molecule has 1 aromatic carbocycles. The fraction of sp³-hybridized carbons (Fsp3) is 0.471. The lowest BCUT2D eigenvalue weighted by molar-refractivity contribution is -0.147. The van der Waals surface area contributed by atoms with E-state index in [4.69, 9.17) is 4.74 Å². The summed E-state index contributed by atoms with van der Waals surface area (Å²) in [5.41, 5.74) is -0.468. The van der Waals surface area contributed by atoms with Gasteiger partial charge >= 0.3 is 5.97 Å². The number of benzene rings is 1. The van der Waals surface area contributed by atoms with Crippen molar-refractivity contribution in [3.63, 3.8) is 0 Å². The van der Waals surface area contributed by atoms with E-state index < -0.39 is 11.4 Å². The van der Waals surface area contributed by atoms with Gasteiger partial charge in [-0.1, -0.05) is 15.9 Å². The third-order valence-electron chi connectivity index (χ3n) is 4.37. The average Bonchev–Trinajstić information content (AvgIpc) is 2.96. The maximum absolute atomic E-state index is 12.4. The van der Waals surface area contributed by atoms with Crippen LogP contribution in [0, 0.1) is 5.41 Å². The second-order valence-corrected chi connectivity index (χ2v) is 7.11. The zero-order valence-electron chi connectivity index (χ0n) is 13.7. The van der Waals surface area contributed by atoms with Crippen molar-refractivity contribution >= 4 is 33.6 Å². The van der Waals surface area contributed by atoms with E-state index in [1.165, 1.54) is 12.0 Å². The van der Waals surface area contributed by atoms with Crippen molar-refractivity contribution in [2.45, 2.75) is 26.2 Å². The highest BCUT2D eigenvalue weighted by Gasteiger charge is 2.41. The van der Waals surface area contributed by atoms with Crippen molar-refractivity contribution in [2.75, 3.05) is 20.2 Å². The number of methoxy groups -OCH3 is 1. The van der Waals surface area contributed by atoms with Crippen LogP contribution in [0.25, 0.3) is 0 Å². The molecule has 1 saturated heterocycles. The van der Waals surface area contributed by atoms with Crippen LogP contribution in [0.4, 0.5) is 0 Å². The lowest BCUT2D eigenvalue weighted by Crippen LogP contribution is -2.35. The Hall–Kier alpha value is -1.89. The number of hydrogen-bond acceptors (Lipinski definition) is 4. The predicted molar refractivity (Wildman–Crippen MR) is 91.2 cm³/mol. The molecule has 0 aliphatic carbocycles. The van der Waals surface area contributed by atoms with E-state index in [2.05, 4.69) is 15.9 Å². The first-order valence-electron chi connectivity index (χ1n) is 7.65. The van der Waals surface area contributed by atoms with Crippen LogP contribution >= 0.6 is 15.9 Å². The minimum absolute atomic E-state index is 0.0597. The number of carboxylic acid groups (broad SMARTS) is 1. The average molecular weight is 398 g/mol. The third-order valence-corrected chi connectivity index (χ3v) is 4.86. The minimum atomic E-state index is -0.896. The van der Waals surface area contributed by atoms with Crippen LogP contribution in [0.3, 0.4) is 0 Å². The second-order valence-electron chi connectivity index (χ2n) is 6.20. The van der Waals surface area contributed by atoms with E-state index in [1.54, 1.807) is 25.1 Å². The number of amides is 1. The lowest BCUT2D eigenvalue weighted by Gasteiger charge is -2.20. The fourth-order valence-electron chi connectivity index (χ4n) is 2.76. The smallest absolute Gasteiger partial charge is 0.311 e. The molecule has 1 N–H and O–H groups in total. The Kier molecular flexibility index (Phi) is 5.64. The molecule has 24 heavy (non-hydrogen) atoms. The molecule has 0 saturated carbocycles. The summed E-state index contributed by atoms with van der Waals surface area (Å²) in [6, 6.07) is 5.14. The number of likely N-dealkylation sites (tertiary alicyclic amines) is 1. The standard InChI is InChI=1S/C17H20BrNO5/c1-17(16(22)23)7-8-19(10-17)15(21)6-4-13(20)12-9-11(18)3-5-14(12)24-2/h3,5,9H,4,6-8,10H2,1-2H3,(H,22,23). The monoisotopic (exact) mass is 397 g/mol. The molecule has 0 radical (unpaired) electrons. The van der Waals surface area contributed by atoms with Crippen molar-refractivity contribution in [2.24, 2.45) is 5.41 Å². The minimum Gasteiger partial charge on any atom is -0.496 e. The van der Waals surface area contributed by atoms with Crippen LogP contribution in [0.5, 0.6) is 5.75 Å². The molecule has 6 nitrogen and oxygen atoms in total. The van der Waals surface area contributed by atoms with E-state index in [9.17, 15) is 19.5 Å². The highest BCUT2D eigenvalue weighted by molar-refractivity contribution is 9.10. The molecule has 0 bridgehead atoms. The van der Waals surface area contributed by atoms with Gasteiger partial charge in [0.1, 0.15) is 5.75 Å². The normalized spacial score (nSPS) is 20.0. The van der Waals surface area contributed by atoms with E-state index in [-0.39, 0.29) is 31.1 Å². The van der Waals surface area contributed by atoms with Crippen molar-refractivity contribution < 1.29 is 24.2 Å². The molecule has 130 valence electrons. The first-order chi connectivity index (χ1) is 11.3. The van der Waals surface area contributed by atoms with Crippen LogP contribution in [-0.2, 0) is 9.59 Å². The molecule has 1 amide bonds. The summed E-state index contributed by atoms with van der Waals surface area (Å²) >= 11 is 3.32. The molecule has 1 fully saturated rings. The van der Waals surface area contributed by atoms with Crippen LogP contribution in [-0.4, -0.2) is 47.9 Å². The van der Waals surface area contributed by atoms with Crippen molar-refractivity contribution in [1.29, 1.82) is 0 Å². The molecule has 1 aliphatic rings. The van der Waals surface area contributed by atoms with Gasteiger partial charge in [-0.2, -0.15) is 0 Å². The second kappa shape index (κ2) is 7.34. The van der Waals surface area contributed by atoms with Gasteiger partial charge < -0.3 is 14.7 Å². The van der Waals surface area contributed by atoms with Gasteiger partial charge in [-0.3, -0.25) is 14.4 Å². The summed E-state index contributed by atoms with van der Waals surface area (Å²) in [4.78, 5) is 37.4. The lowest BCUT2D eigenvalue weighted by atomic mass is 9.90. The molecular formula is C17H20BrNO5. The Labute approximate surface area is 148 Å². The summed E-state index contributed by atoms with van der Waals surface area (Å²) < 4.78 is 5.94. The zero-order chi connectivity index (χ0) is 17.9. The predicted octanol–water partition coefficient (Wildman–Crippen LogP) is 2.74. The van der Waals surface area contributed by atoms with Gasteiger partial charge in [0.05, 0.1) is 18.1 Å². The SMILES string of the molecule is COc1ccc(Br)cc1C(=O)CCC(=O)N1CCC(C)(C(=O)O)C1. The Morgan fingerprint density at radius 1 is 1.33 bits per heavy atom. The summed E-state index contributed by atoms with van der Waals surface area (Å²) in [6.45, 7) is 2.24. The molecule has 0 aromatic heterocycles.